The molecule has 0 radical (unpaired) electrons. The minimum absolute atomic E-state index is 0. The van der Waals surface area contributed by atoms with Gasteiger partial charge >= 0.3 is 18.2 Å². The number of benzene rings is 8. The van der Waals surface area contributed by atoms with E-state index in [2.05, 4.69) is 26.6 Å². The Morgan fingerprint density at radius 1 is 0.486 bits per heavy atom. The first-order chi connectivity index (χ1) is 66.0. The highest BCUT2D eigenvalue weighted by Crippen LogP contribution is 2.44. The van der Waals surface area contributed by atoms with Crippen LogP contribution in [0.1, 0.15) is 208 Å². The number of Topliss-reactive ketones (excluding diaryl/α,β-unsaturated/α-hetero) is 5. The normalized spacial score (nSPS) is 17.7. The maximum absolute atomic E-state index is 15.1. The number of carbonyl (C=O) groups excluding carboxylic acids is 13. The Balaban J connectivity index is 0.000000316. The van der Waals surface area contributed by atoms with Crippen molar-refractivity contribution in [3.63, 3.8) is 0 Å². The number of amides is 8. The van der Waals surface area contributed by atoms with Gasteiger partial charge in [0.05, 0.1) is 34.5 Å². The van der Waals surface area contributed by atoms with E-state index >= 15 is 9.59 Å². The van der Waals surface area contributed by atoms with E-state index in [-0.39, 0.29) is 102 Å². The molecule has 0 saturated carbocycles. The third kappa shape index (κ3) is 29.9. The molecule has 0 unspecified atom stereocenters. The molecule has 0 aromatic heterocycles. The lowest BCUT2D eigenvalue weighted by atomic mass is 9.87. The number of rotatable bonds is 32. The highest BCUT2D eigenvalue weighted by Gasteiger charge is 2.42. The van der Waals surface area contributed by atoms with Gasteiger partial charge < -0.3 is 74.8 Å². The number of hydrogen-bond donors (Lipinski definition) is 6. The van der Waals surface area contributed by atoms with Gasteiger partial charge in [-0.2, -0.15) is 0 Å². The van der Waals surface area contributed by atoms with Crippen LogP contribution < -0.4 is 45.5 Å². The summed E-state index contributed by atoms with van der Waals surface area (Å²) in [5.41, 5.74) is 7.26. The van der Waals surface area contributed by atoms with Crippen LogP contribution in [0, 0.1) is 29.6 Å². The van der Waals surface area contributed by atoms with E-state index in [1.807, 2.05) is 54.6 Å². The molecule has 0 aliphatic carbocycles. The zero-order chi connectivity index (χ0) is 101. The number of likely N-dealkylation sites (N-methyl/N-ethyl adjacent to an activating group) is 3. The van der Waals surface area contributed by atoms with E-state index in [0.717, 1.165) is 22.3 Å². The summed E-state index contributed by atoms with van der Waals surface area (Å²) in [7, 11) is 10.6. The highest BCUT2D eigenvalue weighted by atomic mass is 35.5. The number of methoxy groups -OCH3 is 4. The van der Waals surface area contributed by atoms with Gasteiger partial charge in [-0.15, -0.1) is 0 Å². The minimum atomic E-state index is -1.29. The molecule has 1 fully saturated rings. The molecule has 6 N–H and O–H groups in total. The summed E-state index contributed by atoms with van der Waals surface area (Å²) >= 11 is 12.2. The molecule has 11 rings (SSSR count). The first kappa shape index (κ1) is 110. The van der Waals surface area contributed by atoms with Gasteiger partial charge in [0.25, 0.3) is 0 Å². The number of likely N-dealkylation sites (tertiary alicyclic amines) is 1. The molecular formula is C109H132Cl2N8O21. The molecule has 29 nitrogen and oxygen atoms in total. The van der Waals surface area contributed by atoms with Crippen molar-refractivity contribution < 1.29 is 101 Å². The number of alkyl carbamates (subject to hydrolysis) is 2. The molecule has 10 atom stereocenters. The van der Waals surface area contributed by atoms with E-state index < -0.39 is 130 Å². The fourth-order valence-electron chi connectivity index (χ4n) is 17.7. The number of fused-ring (bicyclic) bond motifs is 10. The van der Waals surface area contributed by atoms with E-state index in [9.17, 15) is 62.6 Å². The molecule has 31 heteroatoms. The van der Waals surface area contributed by atoms with Crippen LogP contribution >= 0.6 is 23.2 Å². The Hall–Kier alpha value is -13.3. The molecule has 8 amide bonds. The number of unbranched alkanes of at least 4 members (excludes halogenated alkanes) is 2. The van der Waals surface area contributed by atoms with Crippen LogP contribution in [0.25, 0.3) is 44.5 Å². The third-order valence-corrected chi connectivity index (χ3v) is 25.5. The van der Waals surface area contributed by atoms with Crippen molar-refractivity contribution in [1.82, 2.24) is 41.3 Å². The van der Waals surface area contributed by atoms with Crippen molar-refractivity contribution in [3.05, 3.63) is 213 Å². The maximum atomic E-state index is 15.1. The fraction of sp³-hybridized carbons (Fsp3) is 0.431. The summed E-state index contributed by atoms with van der Waals surface area (Å²) in [5.74, 6) is -8.71. The summed E-state index contributed by atoms with van der Waals surface area (Å²) in [4.78, 5) is 198. The van der Waals surface area contributed by atoms with Crippen molar-refractivity contribution >= 4 is 106 Å². The van der Waals surface area contributed by atoms with Crippen molar-refractivity contribution in [2.75, 3.05) is 69.2 Å². The number of carboxylic acid groups (broad SMARTS) is 1. The molecule has 8 aromatic rings. The second-order valence-electron chi connectivity index (χ2n) is 37.7. The summed E-state index contributed by atoms with van der Waals surface area (Å²) in [6.45, 7) is 16.3. The van der Waals surface area contributed by atoms with Crippen LogP contribution in [-0.2, 0) is 70.3 Å². The number of hydrogen-bond acceptors (Lipinski definition) is 20. The van der Waals surface area contributed by atoms with E-state index in [4.69, 9.17) is 51.6 Å². The second-order valence-corrected chi connectivity index (χ2v) is 38.6. The van der Waals surface area contributed by atoms with Crippen LogP contribution in [0.2, 0.25) is 10.0 Å². The van der Waals surface area contributed by atoms with Crippen molar-refractivity contribution in [1.29, 1.82) is 0 Å². The van der Waals surface area contributed by atoms with Crippen molar-refractivity contribution in [2.24, 2.45) is 29.6 Å². The van der Waals surface area contributed by atoms with Gasteiger partial charge in [-0.05, 0) is 204 Å². The quantitative estimate of drug-likeness (QED) is 0.0168. The fourth-order valence-corrected chi connectivity index (χ4v) is 17.9. The van der Waals surface area contributed by atoms with Gasteiger partial charge in [-0.1, -0.05) is 161 Å². The van der Waals surface area contributed by atoms with Gasteiger partial charge in [0.15, 0.2) is 28.9 Å². The number of carboxylic acids is 1. The lowest BCUT2D eigenvalue weighted by molar-refractivity contribution is -0.144. The molecule has 3 aliphatic rings. The van der Waals surface area contributed by atoms with Crippen LogP contribution in [0.3, 0.4) is 0 Å². The number of nitrogens with one attached hydrogen (secondary N) is 5. The molecule has 0 spiro atoms. The number of ether oxygens (including phenoxy) is 6. The largest absolute Gasteiger partial charge is 0.496 e. The SMILES string of the molecule is C.CNC(=O)[C@@H]1CCCN1C(=O)[C@H](C)CC(=O)[C@@H]1Cc2ccc(OC)c(c2)-c2cc(ccc2OC)[C@H](N(C)C(=O)[C@H](CCCCNC(=O)OC(C)(C)C)CC(=O)c2ccc(-c3ccc(Cl)cc3)cc2)C(=O)C[C@@H](C)C(=O)N1.COc1ccc2cc1-c1cc(ccc1OC)[C@H](N(C)C(=O)[C@H](CCCCNC(=O)OC(C)(C)C)CC(=O)c1ccc(-c3ccc(Cl)cc3)cc1)C(=O)C[C@@H](C)C(=O)N[C@H](C(=O)O)C2. The van der Waals surface area contributed by atoms with E-state index in [1.54, 1.807) is 171 Å². The van der Waals surface area contributed by atoms with Crippen LogP contribution in [0.5, 0.6) is 23.0 Å². The lowest BCUT2D eigenvalue weighted by Crippen LogP contribution is -2.48. The number of halogens is 2. The zero-order valence-electron chi connectivity index (χ0n) is 81.9. The number of ketones is 5. The summed E-state index contributed by atoms with van der Waals surface area (Å²) < 4.78 is 34.0. The van der Waals surface area contributed by atoms with Gasteiger partial charge in [0, 0.05) is 152 Å². The Labute approximate surface area is 829 Å². The van der Waals surface area contributed by atoms with E-state index in [1.165, 1.54) is 71.2 Å². The second kappa shape index (κ2) is 50.5. The van der Waals surface area contributed by atoms with Crippen LogP contribution in [-0.4, -0.2) is 201 Å². The van der Waals surface area contributed by atoms with Crippen molar-refractivity contribution in [3.8, 4) is 67.5 Å². The third-order valence-electron chi connectivity index (χ3n) is 25.0. The minimum Gasteiger partial charge on any atom is -0.496 e. The highest BCUT2D eigenvalue weighted by molar-refractivity contribution is 6.31. The molecule has 1 saturated heterocycles. The standard InChI is InChI=1S/C59H72ClN5O11.C49H56ClN3O10.CH4/c1-35-29-50(68)53(64(7)57(72)42(13-10-11-27-62-58(73)76-59(3,4)5)34-48(66)40-18-16-38(17-19-40)39-20-23-43(60)24-21-39)41-22-26-52(75-9)45(33-41)44-31-37(15-25-51(44)74-8)32-46(63-54(35)69)49(67)30-36(2)56(71)65-28-12-14-47(65)55(70)61-6;1-29-24-41(55)44(34-18-22-43(62-7)38(27-34)37-25-30(11-21-42(37)61-6)26-39(47(58)59)52-45(29)56)53(5)46(57)35(10-8-9-23-51-48(60)63-49(2,3)4)28-40(54)33-14-12-31(13-15-33)32-16-19-36(50)20-17-32;/h15-26,31,33,35-36,42,46-47,53H,10-14,27-30,32,34H2,1-9H3,(H,61,70)(H,62,73)(H,63,69);11-22,25,27,29,35,39,44H,8-10,23-24,26,28H2,1-7H3,(H,51,60)(H,52,56)(H,58,59);1H4/t35-,36-,42-,46+,47+,53+;29-,35-,39+,44+;/m11./s1. The Kier molecular flexibility index (Phi) is 39.8. The zero-order valence-corrected chi connectivity index (χ0v) is 83.4. The average molecular weight is 1960 g/mol. The van der Waals surface area contributed by atoms with Gasteiger partial charge in [0.1, 0.15) is 58.4 Å². The number of aliphatic carboxylic acids is 1. The molecule has 8 aromatic carbocycles. The van der Waals surface area contributed by atoms with E-state index in [0.29, 0.717) is 134 Å². The maximum Gasteiger partial charge on any atom is 0.407 e. The smallest absolute Gasteiger partial charge is 0.407 e. The van der Waals surface area contributed by atoms with Crippen molar-refractivity contribution in [2.45, 2.75) is 207 Å². The Bertz CT molecular complexity index is 5780. The first-order valence-corrected chi connectivity index (χ1v) is 47.7. The molecule has 748 valence electrons. The van der Waals surface area contributed by atoms with Gasteiger partial charge in [-0.25, -0.2) is 14.4 Å². The van der Waals surface area contributed by atoms with Gasteiger partial charge in [0.2, 0.25) is 35.4 Å². The van der Waals surface area contributed by atoms with Gasteiger partial charge in [-0.3, -0.25) is 52.7 Å². The Morgan fingerprint density at radius 2 is 0.843 bits per heavy atom. The van der Waals surface area contributed by atoms with Crippen LogP contribution in [0.4, 0.5) is 9.59 Å². The molecule has 8 bridgehead atoms. The van der Waals surface area contributed by atoms with Crippen LogP contribution in [0.15, 0.2) is 170 Å². The summed E-state index contributed by atoms with van der Waals surface area (Å²) in [6.07, 6.45) is 1.10. The monoisotopic (exact) mass is 1960 g/mol. The molecular weight excluding hydrogens is 1830 g/mol. The Morgan fingerprint density at radius 3 is 1.21 bits per heavy atom. The topological polar surface area (TPSA) is 384 Å². The molecule has 3 aliphatic heterocycles. The number of carbonyl (C=O) groups is 14. The predicted octanol–water partition coefficient (Wildman–Crippen LogP) is 17.9. The first-order valence-electron chi connectivity index (χ1n) is 46.9. The number of nitrogens with zero attached hydrogens (tertiary/aromatic N) is 3. The predicted molar refractivity (Wildman–Crippen MR) is 537 cm³/mol. The summed E-state index contributed by atoms with van der Waals surface area (Å²) in [6, 6.07) is 44.1. The lowest BCUT2D eigenvalue weighted by Gasteiger charge is -2.32. The molecule has 3 heterocycles. The average Bonchev–Trinajstić information content (AvgIpc) is 0.930. The molecule has 140 heavy (non-hydrogen) atoms. The summed E-state index contributed by atoms with van der Waals surface area (Å²) in [5, 5.41) is 24.9.